The molecule has 1 aliphatic heterocycles. The molecular weight excluding hydrogens is 268 g/mol. The number of hydrogen-bond acceptors (Lipinski definition) is 7. The maximum Gasteiger partial charge on any atom is 0.323 e. The smallest absolute Gasteiger partial charge is 0.323 e. The standard InChI is InChI=1S/C14H26N6O/c1-10(2)21-14-18-12(15-3)17-13(19-14)16-8-11-6-5-7-20(4)9-11/h10-11H,5-9H2,1-4H3,(H2,15,16,17,18,19). The van der Waals surface area contributed by atoms with Crippen molar-refractivity contribution in [2.45, 2.75) is 32.8 Å². The van der Waals surface area contributed by atoms with Crippen molar-refractivity contribution in [1.29, 1.82) is 0 Å². The van der Waals surface area contributed by atoms with Crippen molar-refractivity contribution < 1.29 is 4.74 Å². The van der Waals surface area contributed by atoms with Crippen LogP contribution in [0.25, 0.3) is 0 Å². The number of likely N-dealkylation sites (tertiary alicyclic amines) is 1. The van der Waals surface area contributed by atoms with E-state index in [9.17, 15) is 0 Å². The van der Waals surface area contributed by atoms with Crippen molar-refractivity contribution in [2.75, 3.05) is 44.4 Å². The summed E-state index contributed by atoms with van der Waals surface area (Å²) in [6.07, 6.45) is 2.54. The van der Waals surface area contributed by atoms with Crippen molar-refractivity contribution in [3.8, 4) is 6.01 Å². The van der Waals surface area contributed by atoms with E-state index in [0.29, 0.717) is 23.8 Å². The Hall–Kier alpha value is -1.63. The summed E-state index contributed by atoms with van der Waals surface area (Å²) in [7, 11) is 3.96. The van der Waals surface area contributed by atoms with Crippen LogP contribution >= 0.6 is 0 Å². The molecule has 0 bridgehead atoms. The van der Waals surface area contributed by atoms with Gasteiger partial charge in [-0.1, -0.05) is 0 Å². The van der Waals surface area contributed by atoms with Crippen LogP contribution in [0.15, 0.2) is 0 Å². The molecular formula is C14H26N6O. The molecule has 2 N–H and O–H groups in total. The van der Waals surface area contributed by atoms with Gasteiger partial charge in [0.05, 0.1) is 6.10 Å². The van der Waals surface area contributed by atoms with E-state index in [4.69, 9.17) is 4.74 Å². The second kappa shape index (κ2) is 7.40. The summed E-state index contributed by atoms with van der Waals surface area (Å²) in [6.45, 7) is 7.09. The third-order valence-corrected chi connectivity index (χ3v) is 3.45. The fraction of sp³-hybridized carbons (Fsp3) is 0.786. The zero-order valence-corrected chi connectivity index (χ0v) is 13.4. The Morgan fingerprint density at radius 2 is 2.05 bits per heavy atom. The molecule has 7 nitrogen and oxygen atoms in total. The lowest BCUT2D eigenvalue weighted by molar-refractivity contribution is 0.216. The van der Waals surface area contributed by atoms with Gasteiger partial charge in [0.25, 0.3) is 0 Å². The lowest BCUT2D eigenvalue weighted by Crippen LogP contribution is -2.35. The zero-order chi connectivity index (χ0) is 15.2. The van der Waals surface area contributed by atoms with Crippen LogP contribution in [0.4, 0.5) is 11.9 Å². The van der Waals surface area contributed by atoms with Gasteiger partial charge in [0.2, 0.25) is 11.9 Å². The van der Waals surface area contributed by atoms with Crippen LogP contribution in [0, 0.1) is 5.92 Å². The first kappa shape index (κ1) is 15.8. The van der Waals surface area contributed by atoms with E-state index in [1.54, 1.807) is 7.05 Å². The van der Waals surface area contributed by atoms with Gasteiger partial charge in [-0.2, -0.15) is 15.0 Å². The fourth-order valence-corrected chi connectivity index (χ4v) is 2.49. The highest BCUT2D eigenvalue weighted by atomic mass is 16.5. The molecule has 0 aliphatic carbocycles. The average molecular weight is 294 g/mol. The SMILES string of the molecule is CNc1nc(NCC2CCCN(C)C2)nc(OC(C)C)n1. The lowest BCUT2D eigenvalue weighted by atomic mass is 9.99. The summed E-state index contributed by atoms with van der Waals surface area (Å²) in [5.74, 6) is 1.72. The number of piperidine rings is 1. The Balaban J connectivity index is 1.97. The van der Waals surface area contributed by atoms with Crippen molar-refractivity contribution in [2.24, 2.45) is 5.92 Å². The van der Waals surface area contributed by atoms with E-state index < -0.39 is 0 Å². The molecule has 118 valence electrons. The van der Waals surface area contributed by atoms with Crippen molar-refractivity contribution in [1.82, 2.24) is 19.9 Å². The Morgan fingerprint density at radius 3 is 2.71 bits per heavy atom. The zero-order valence-electron chi connectivity index (χ0n) is 13.4. The molecule has 1 aliphatic rings. The van der Waals surface area contributed by atoms with Crippen LogP contribution in [0.1, 0.15) is 26.7 Å². The van der Waals surface area contributed by atoms with Crippen LogP contribution in [-0.4, -0.2) is 59.7 Å². The number of nitrogens with zero attached hydrogens (tertiary/aromatic N) is 4. The number of aromatic nitrogens is 3. The number of ether oxygens (including phenoxy) is 1. The molecule has 2 rings (SSSR count). The summed E-state index contributed by atoms with van der Waals surface area (Å²) in [5.41, 5.74) is 0. The number of nitrogens with one attached hydrogen (secondary N) is 2. The van der Waals surface area contributed by atoms with Crippen molar-refractivity contribution in [3.05, 3.63) is 0 Å². The summed E-state index contributed by atoms with van der Waals surface area (Å²) in [6, 6.07) is 0.354. The average Bonchev–Trinajstić information content (AvgIpc) is 2.44. The minimum Gasteiger partial charge on any atom is -0.461 e. The van der Waals surface area contributed by atoms with Crippen LogP contribution in [-0.2, 0) is 0 Å². The Morgan fingerprint density at radius 1 is 1.29 bits per heavy atom. The van der Waals surface area contributed by atoms with Gasteiger partial charge >= 0.3 is 6.01 Å². The molecule has 7 heteroatoms. The number of hydrogen-bond donors (Lipinski definition) is 2. The second-order valence-corrected chi connectivity index (χ2v) is 5.83. The molecule has 1 saturated heterocycles. The molecule has 1 aromatic heterocycles. The molecule has 0 amide bonds. The highest BCUT2D eigenvalue weighted by molar-refractivity contribution is 5.35. The number of rotatable bonds is 6. The monoisotopic (exact) mass is 294 g/mol. The van der Waals surface area contributed by atoms with E-state index in [1.165, 1.54) is 19.4 Å². The lowest BCUT2D eigenvalue weighted by Gasteiger charge is -2.29. The minimum absolute atomic E-state index is 0.0388. The maximum atomic E-state index is 5.56. The van der Waals surface area contributed by atoms with Crippen LogP contribution < -0.4 is 15.4 Å². The van der Waals surface area contributed by atoms with Crippen molar-refractivity contribution in [3.63, 3.8) is 0 Å². The largest absolute Gasteiger partial charge is 0.461 e. The highest BCUT2D eigenvalue weighted by Crippen LogP contribution is 2.17. The quantitative estimate of drug-likeness (QED) is 0.822. The van der Waals surface area contributed by atoms with E-state index in [2.05, 4.69) is 37.5 Å². The van der Waals surface area contributed by atoms with Gasteiger partial charge in [0.15, 0.2) is 0 Å². The van der Waals surface area contributed by atoms with Gasteiger partial charge < -0.3 is 20.3 Å². The first-order valence-electron chi connectivity index (χ1n) is 7.59. The van der Waals surface area contributed by atoms with Gasteiger partial charge in [-0.15, -0.1) is 0 Å². The predicted molar refractivity (Wildman–Crippen MR) is 83.8 cm³/mol. The van der Waals surface area contributed by atoms with E-state index in [0.717, 1.165) is 13.1 Å². The molecule has 21 heavy (non-hydrogen) atoms. The van der Waals surface area contributed by atoms with E-state index >= 15 is 0 Å². The normalized spacial score (nSPS) is 19.6. The van der Waals surface area contributed by atoms with E-state index in [1.807, 2.05) is 13.8 Å². The maximum absolute atomic E-state index is 5.56. The van der Waals surface area contributed by atoms with E-state index in [-0.39, 0.29) is 6.10 Å². The van der Waals surface area contributed by atoms with Crippen LogP contribution in [0.2, 0.25) is 0 Å². The summed E-state index contributed by atoms with van der Waals surface area (Å²) in [5, 5.41) is 6.25. The van der Waals surface area contributed by atoms with Gasteiger partial charge in [-0.3, -0.25) is 0 Å². The summed E-state index contributed by atoms with van der Waals surface area (Å²) >= 11 is 0. The molecule has 1 atom stereocenters. The highest BCUT2D eigenvalue weighted by Gasteiger charge is 2.17. The molecule has 0 aromatic carbocycles. The van der Waals surface area contributed by atoms with Crippen molar-refractivity contribution >= 4 is 11.9 Å². The van der Waals surface area contributed by atoms with Gasteiger partial charge in [0.1, 0.15) is 0 Å². The van der Waals surface area contributed by atoms with Gasteiger partial charge in [-0.05, 0) is 46.2 Å². The Kier molecular flexibility index (Phi) is 5.55. The van der Waals surface area contributed by atoms with Gasteiger partial charge in [0, 0.05) is 20.1 Å². The summed E-state index contributed by atoms with van der Waals surface area (Å²) < 4.78 is 5.56. The summed E-state index contributed by atoms with van der Waals surface area (Å²) in [4.78, 5) is 15.2. The third-order valence-electron chi connectivity index (χ3n) is 3.45. The Bertz CT molecular complexity index is 453. The van der Waals surface area contributed by atoms with Crippen LogP contribution in [0.3, 0.4) is 0 Å². The topological polar surface area (TPSA) is 75.2 Å². The first-order valence-corrected chi connectivity index (χ1v) is 7.59. The first-order chi connectivity index (χ1) is 10.1. The minimum atomic E-state index is 0.0388. The third kappa shape index (κ3) is 5.00. The number of anilines is 2. The molecule has 1 aromatic rings. The molecule has 2 heterocycles. The molecule has 1 unspecified atom stereocenters. The molecule has 0 spiro atoms. The molecule has 0 radical (unpaired) electrons. The molecule has 1 fully saturated rings. The van der Waals surface area contributed by atoms with Gasteiger partial charge in [-0.25, -0.2) is 0 Å². The second-order valence-electron chi connectivity index (χ2n) is 5.83. The van der Waals surface area contributed by atoms with Crippen LogP contribution in [0.5, 0.6) is 6.01 Å². The fourth-order valence-electron chi connectivity index (χ4n) is 2.49. The Labute approximate surface area is 126 Å². The predicted octanol–water partition coefficient (Wildman–Crippen LogP) is 1.45. The molecule has 0 saturated carbocycles.